The SMILES string of the molecule is CCCCCCCCCc1cc(S(=O)(=O)O)c2c(S(=O)(=O)O)c(CCCCCCCCC)c(CCCCCCCCC)c(CCCCCCCCC)c2c1. The Labute approximate surface area is 333 Å². The van der Waals surface area contributed by atoms with Crippen molar-refractivity contribution in [3.8, 4) is 0 Å². The standard InChI is InChI=1S/C46H80O6S2/c1-5-9-13-17-21-25-29-33-39-37-43-41(35-31-27-23-19-15-11-7-3)40(34-30-26-22-18-14-10-6-2)42(36-32-28-24-20-16-12-8-4)46(54(50,51)52)45(43)44(38-39)53(47,48)49/h37-38H,5-36H2,1-4H3,(H,47,48,49)(H,50,51,52). The van der Waals surface area contributed by atoms with Gasteiger partial charge < -0.3 is 0 Å². The van der Waals surface area contributed by atoms with E-state index in [9.17, 15) is 25.9 Å². The number of unbranched alkanes of at least 4 members (excludes halogenated alkanes) is 24. The summed E-state index contributed by atoms with van der Waals surface area (Å²) in [6.07, 6.45) is 33.8. The number of benzene rings is 2. The van der Waals surface area contributed by atoms with E-state index < -0.39 is 20.2 Å². The van der Waals surface area contributed by atoms with Crippen LogP contribution in [0.15, 0.2) is 21.9 Å². The summed E-state index contributed by atoms with van der Waals surface area (Å²) in [4.78, 5) is -0.672. The average Bonchev–Trinajstić information content (AvgIpc) is 3.12. The number of aryl methyl sites for hydroxylation is 2. The molecule has 0 saturated heterocycles. The Bertz CT molecular complexity index is 1530. The highest BCUT2D eigenvalue weighted by molar-refractivity contribution is 7.87. The van der Waals surface area contributed by atoms with Gasteiger partial charge in [0, 0.05) is 5.39 Å². The van der Waals surface area contributed by atoms with Gasteiger partial charge >= 0.3 is 0 Å². The quantitative estimate of drug-likeness (QED) is 0.0539. The third kappa shape index (κ3) is 18.2. The lowest BCUT2D eigenvalue weighted by atomic mass is 9.85. The third-order valence-corrected chi connectivity index (χ3v) is 13.3. The van der Waals surface area contributed by atoms with Crippen molar-refractivity contribution in [2.75, 3.05) is 0 Å². The molecule has 0 bridgehead atoms. The smallest absolute Gasteiger partial charge is 0.282 e. The molecule has 0 aliphatic heterocycles. The molecule has 54 heavy (non-hydrogen) atoms. The molecule has 6 nitrogen and oxygen atoms in total. The molecular weight excluding hydrogens is 713 g/mol. The van der Waals surface area contributed by atoms with E-state index in [1.54, 1.807) is 0 Å². The fourth-order valence-electron chi connectivity index (χ4n) is 8.32. The van der Waals surface area contributed by atoms with E-state index in [0.717, 1.165) is 107 Å². The van der Waals surface area contributed by atoms with E-state index in [4.69, 9.17) is 0 Å². The molecular formula is C46H80O6S2. The first-order chi connectivity index (χ1) is 26.0. The monoisotopic (exact) mass is 793 g/mol. The number of hydrogen-bond donors (Lipinski definition) is 2. The van der Waals surface area contributed by atoms with Crippen LogP contribution < -0.4 is 0 Å². The predicted octanol–water partition coefficient (Wildman–Crippen LogP) is 14.5. The first-order valence-electron chi connectivity index (χ1n) is 22.6. The van der Waals surface area contributed by atoms with Gasteiger partial charge in [0.25, 0.3) is 20.2 Å². The summed E-state index contributed by atoms with van der Waals surface area (Å²) < 4.78 is 75.3. The minimum absolute atomic E-state index is 0.0116. The molecule has 0 fully saturated rings. The van der Waals surface area contributed by atoms with Crippen molar-refractivity contribution in [2.45, 2.75) is 243 Å². The van der Waals surface area contributed by atoms with Crippen LogP contribution in [0.4, 0.5) is 0 Å². The Morgan fingerprint density at radius 2 is 0.722 bits per heavy atom. The normalized spacial score (nSPS) is 12.3. The maximum atomic E-state index is 13.6. The van der Waals surface area contributed by atoms with Crippen LogP contribution in [0, 0.1) is 0 Å². The number of fused-ring (bicyclic) bond motifs is 1. The average molecular weight is 793 g/mol. The molecule has 0 amide bonds. The molecule has 2 aromatic rings. The first kappa shape index (κ1) is 48.7. The van der Waals surface area contributed by atoms with Gasteiger partial charge in [-0.3, -0.25) is 9.11 Å². The highest BCUT2D eigenvalue weighted by Crippen LogP contribution is 2.41. The molecule has 0 aromatic heterocycles. The largest absolute Gasteiger partial charge is 0.295 e. The van der Waals surface area contributed by atoms with Crippen LogP contribution in [0.1, 0.15) is 230 Å². The first-order valence-corrected chi connectivity index (χ1v) is 25.5. The highest BCUT2D eigenvalue weighted by atomic mass is 32.2. The minimum atomic E-state index is -4.84. The summed E-state index contributed by atoms with van der Waals surface area (Å²) in [7, 11) is -9.65. The van der Waals surface area contributed by atoms with Gasteiger partial charge in [0.1, 0.15) is 9.79 Å². The molecule has 312 valence electrons. The maximum Gasteiger partial charge on any atom is 0.295 e. The summed E-state index contributed by atoms with van der Waals surface area (Å²) in [6, 6.07) is 3.48. The summed E-state index contributed by atoms with van der Waals surface area (Å²) in [6.45, 7) is 8.85. The van der Waals surface area contributed by atoms with Crippen LogP contribution in [-0.4, -0.2) is 25.9 Å². The van der Waals surface area contributed by atoms with Crippen LogP contribution in [0.3, 0.4) is 0 Å². The van der Waals surface area contributed by atoms with Crippen molar-refractivity contribution in [1.82, 2.24) is 0 Å². The Morgan fingerprint density at radius 1 is 0.389 bits per heavy atom. The number of hydrogen-bond acceptors (Lipinski definition) is 4. The molecule has 2 N–H and O–H groups in total. The molecule has 0 aliphatic rings. The van der Waals surface area contributed by atoms with Crippen molar-refractivity contribution in [3.05, 3.63) is 34.4 Å². The Balaban J connectivity index is 2.73. The van der Waals surface area contributed by atoms with Crippen LogP contribution in [-0.2, 0) is 45.9 Å². The summed E-state index contributed by atoms with van der Waals surface area (Å²) in [5.41, 5.74) is 3.40. The Morgan fingerprint density at radius 3 is 1.09 bits per heavy atom. The zero-order chi connectivity index (χ0) is 39.7. The Hall–Kier alpha value is -1.48. The molecule has 0 atom stereocenters. The second-order valence-electron chi connectivity index (χ2n) is 16.2. The van der Waals surface area contributed by atoms with E-state index in [2.05, 4.69) is 27.7 Å². The topological polar surface area (TPSA) is 109 Å². The number of rotatable bonds is 34. The van der Waals surface area contributed by atoms with Gasteiger partial charge in [-0.05, 0) is 85.1 Å². The highest BCUT2D eigenvalue weighted by Gasteiger charge is 2.30. The second-order valence-corrected chi connectivity index (χ2v) is 19.0. The molecule has 0 spiro atoms. The molecule has 2 rings (SSSR count). The van der Waals surface area contributed by atoms with Gasteiger partial charge in [0.2, 0.25) is 0 Å². The maximum absolute atomic E-state index is 13.6. The van der Waals surface area contributed by atoms with E-state index in [-0.39, 0.29) is 15.2 Å². The van der Waals surface area contributed by atoms with Crippen molar-refractivity contribution in [1.29, 1.82) is 0 Å². The van der Waals surface area contributed by atoms with E-state index in [1.165, 1.54) is 102 Å². The molecule has 0 saturated carbocycles. The van der Waals surface area contributed by atoms with Crippen molar-refractivity contribution < 1.29 is 25.9 Å². The van der Waals surface area contributed by atoms with Crippen LogP contribution in [0.5, 0.6) is 0 Å². The lowest BCUT2D eigenvalue weighted by Crippen LogP contribution is -2.14. The zero-order valence-electron chi connectivity index (χ0n) is 35.1. The molecule has 2 aromatic carbocycles. The van der Waals surface area contributed by atoms with Gasteiger partial charge in [-0.2, -0.15) is 16.8 Å². The molecule has 0 heterocycles. The molecule has 8 heteroatoms. The Kier molecular flexibility index (Phi) is 25.2. The van der Waals surface area contributed by atoms with Gasteiger partial charge in [-0.1, -0.05) is 188 Å². The van der Waals surface area contributed by atoms with Gasteiger partial charge in [-0.25, -0.2) is 0 Å². The van der Waals surface area contributed by atoms with Crippen LogP contribution in [0.25, 0.3) is 10.8 Å². The summed E-state index contributed by atoms with van der Waals surface area (Å²) in [5, 5.41) is 0.575. The van der Waals surface area contributed by atoms with Crippen LogP contribution in [0.2, 0.25) is 0 Å². The lowest BCUT2D eigenvalue weighted by Gasteiger charge is -2.24. The van der Waals surface area contributed by atoms with E-state index in [1.807, 2.05) is 6.07 Å². The molecule has 0 radical (unpaired) electrons. The van der Waals surface area contributed by atoms with Gasteiger partial charge in [-0.15, -0.1) is 0 Å². The van der Waals surface area contributed by atoms with Gasteiger partial charge in [0.15, 0.2) is 0 Å². The van der Waals surface area contributed by atoms with Crippen molar-refractivity contribution in [2.24, 2.45) is 0 Å². The summed E-state index contributed by atoms with van der Waals surface area (Å²) in [5.74, 6) is 0. The van der Waals surface area contributed by atoms with E-state index in [0.29, 0.717) is 30.2 Å². The molecule has 0 aliphatic carbocycles. The van der Waals surface area contributed by atoms with Crippen molar-refractivity contribution >= 4 is 31.0 Å². The fraction of sp³-hybridized carbons (Fsp3) is 0.783. The second kappa shape index (κ2) is 28.0. The predicted molar refractivity (Wildman–Crippen MR) is 230 cm³/mol. The fourth-order valence-corrected chi connectivity index (χ4v) is 10.2. The van der Waals surface area contributed by atoms with Crippen LogP contribution >= 0.6 is 0 Å². The van der Waals surface area contributed by atoms with Gasteiger partial charge in [0.05, 0.1) is 0 Å². The summed E-state index contributed by atoms with van der Waals surface area (Å²) >= 11 is 0. The minimum Gasteiger partial charge on any atom is -0.282 e. The van der Waals surface area contributed by atoms with E-state index >= 15 is 0 Å². The van der Waals surface area contributed by atoms with Crippen molar-refractivity contribution in [3.63, 3.8) is 0 Å². The molecule has 0 unspecified atom stereocenters. The lowest BCUT2D eigenvalue weighted by molar-refractivity contribution is 0.482. The third-order valence-electron chi connectivity index (χ3n) is 11.4. The zero-order valence-corrected chi connectivity index (χ0v) is 36.8.